The average Bonchev–Trinajstić information content (AvgIpc) is 2.87. The maximum absolute atomic E-state index is 3.65. The second-order valence-corrected chi connectivity index (χ2v) is 2.67. The molecule has 4 heteroatoms. The molecule has 0 atom stereocenters. The maximum atomic E-state index is 3.65. The molecule has 0 spiro atoms. The van der Waals surface area contributed by atoms with E-state index in [0.29, 0.717) is 0 Å². The van der Waals surface area contributed by atoms with Gasteiger partial charge in [-0.05, 0) is 37.5 Å². The van der Waals surface area contributed by atoms with Gasteiger partial charge in [0.05, 0.1) is 0 Å². The van der Waals surface area contributed by atoms with Crippen LogP contribution in [0.4, 0.5) is 0 Å². The molecule has 1 aliphatic rings. The van der Waals surface area contributed by atoms with Crippen molar-refractivity contribution in [3.05, 3.63) is 11.8 Å². The van der Waals surface area contributed by atoms with Crippen molar-refractivity contribution >= 4 is 11.5 Å². The zero-order chi connectivity index (χ0) is 9.07. The smallest absolute Gasteiger partial charge is 0.129 e. The van der Waals surface area contributed by atoms with Crippen molar-refractivity contribution in [1.29, 1.82) is 0 Å². The highest BCUT2D eigenvalue weighted by molar-refractivity contribution is 7.03. The van der Waals surface area contributed by atoms with E-state index in [2.05, 4.69) is 14.7 Å². The Bertz CT molecular complexity index is 113. The summed E-state index contributed by atoms with van der Waals surface area (Å²) in [6.07, 6.45) is 4.30. The third-order valence-electron chi connectivity index (χ3n) is 1.24. The molecule has 1 aromatic rings. The lowest BCUT2D eigenvalue weighted by Crippen LogP contribution is -2.03. The summed E-state index contributed by atoms with van der Waals surface area (Å²) in [5.41, 5.74) is 1.68. The molecule has 2 rings (SSSR count). The molecule has 1 aliphatic heterocycles. The number of hydrogen-bond donors (Lipinski definition) is 1. The number of aromatic nitrogens is 2. The van der Waals surface area contributed by atoms with Crippen LogP contribution in [0.2, 0.25) is 0 Å². The van der Waals surface area contributed by atoms with Crippen molar-refractivity contribution in [2.45, 2.75) is 26.7 Å². The summed E-state index contributed by atoms with van der Waals surface area (Å²) in [6.45, 7) is 6.50. The summed E-state index contributed by atoms with van der Waals surface area (Å²) in [6, 6.07) is 0. The van der Waals surface area contributed by atoms with E-state index >= 15 is 0 Å². The Balaban J connectivity index is 0.000000168. The van der Waals surface area contributed by atoms with E-state index in [1.807, 2.05) is 13.8 Å². The number of nitrogens with zero attached hydrogens (tertiary/aromatic N) is 2. The molecule has 0 radical (unpaired) electrons. The first-order valence-electron chi connectivity index (χ1n) is 4.40. The number of nitrogens with one attached hydrogen (secondary N) is 1. The highest BCUT2D eigenvalue weighted by atomic mass is 32.1. The molecule has 2 heterocycles. The molecule has 12 heavy (non-hydrogen) atoms. The predicted octanol–water partition coefficient (Wildman–Crippen LogP) is 1.93. The van der Waals surface area contributed by atoms with Crippen LogP contribution in [0.3, 0.4) is 0 Å². The summed E-state index contributed by atoms with van der Waals surface area (Å²) in [5.74, 6) is 0. The molecule has 3 nitrogen and oxygen atoms in total. The monoisotopic (exact) mass is 187 g/mol. The third kappa shape index (κ3) is 7.63. The van der Waals surface area contributed by atoms with E-state index in [0.717, 1.165) is 0 Å². The van der Waals surface area contributed by atoms with Crippen molar-refractivity contribution in [2.75, 3.05) is 13.1 Å². The first-order valence-corrected chi connectivity index (χ1v) is 5.24. The zero-order valence-corrected chi connectivity index (χ0v) is 8.60. The van der Waals surface area contributed by atoms with Crippen LogP contribution in [0.5, 0.6) is 0 Å². The minimum Gasteiger partial charge on any atom is -0.317 e. The number of hydrogen-bond acceptors (Lipinski definition) is 4. The van der Waals surface area contributed by atoms with Gasteiger partial charge in [0.15, 0.2) is 0 Å². The normalized spacial score (nSPS) is 13.8. The minimum absolute atomic E-state index is 1.25. The van der Waals surface area contributed by atoms with Gasteiger partial charge in [0.1, 0.15) is 11.8 Å². The second kappa shape index (κ2) is 10.5. The van der Waals surface area contributed by atoms with Gasteiger partial charge >= 0.3 is 0 Å². The average molecular weight is 187 g/mol. The van der Waals surface area contributed by atoms with Crippen molar-refractivity contribution in [2.24, 2.45) is 0 Å². The Labute approximate surface area is 78.4 Å². The highest BCUT2D eigenvalue weighted by Crippen LogP contribution is 1.90. The van der Waals surface area contributed by atoms with Crippen LogP contribution < -0.4 is 5.32 Å². The summed E-state index contributed by atoms with van der Waals surface area (Å²) in [4.78, 5) is 3.63. The van der Waals surface area contributed by atoms with Crippen LogP contribution >= 0.6 is 11.5 Å². The molecule has 1 aromatic heterocycles. The maximum Gasteiger partial charge on any atom is 0.129 e. The van der Waals surface area contributed by atoms with E-state index in [4.69, 9.17) is 0 Å². The van der Waals surface area contributed by atoms with Crippen molar-refractivity contribution in [1.82, 2.24) is 14.7 Å². The zero-order valence-electron chi connectivity index (χ0n) is 7.79. The van der Waals surface area contributed by atoms with E-state index in [1.54, 1.807) is 5.51 Å². The van der Waals surface area contributed by atoms with Crippen LogP contribution in [0.1, 0.15) is 26.7 Å². The van der Waals surface area contributed by atoms with E-state index in [9.17, 15) is 0 Å². The van der Waals surface area contributed by atoms with Gasteiger partial charge in [-0.25, -0.2) is 4.98 Å². The lowest BCUT2D eigenvalue weighted by molar-refractivity contribution is 0.857. The van der Waals surface area contributed by atoms with Crippen molar-refractivity contribution in [3.63, 3.8) is 0 Å². The molecular weight excluding hydrogens is 170 g/mol. The second-order valence-electron chi connectivity index (χ2n) is 2.04. The van der Waals surface area contributed by atoms with E-state index in [-0.39, 0.29) is 0 Å². The molecular formula is C8H17N3S. The van der Waals surface area contributed by atoms with Gasteiger partial charge in [0, 0.05) is 0 Å². The highest BCUT2D eigenvalue weighted by Gasteiger charge is 1.93. The summed E-state index contributed by atoms with van der Waals surface area (Å²) < 4.78 is 3.65. The number of rotatable bonds is 0. The molecule has 0 bridgehead atoms. The van der Waals surface area contributed by atoms with Crippen LogP contribution in [-0.2, 0) is 0 Å². The summed E-state index contributed by atoms with van der Waals surface area (Å²) in [7, 11) is 0. The van der Waals surface area contributed by atoms with Gasteiger partial charge in [-0.2, -0.15) is 4.37 Å². The fourth-order valence-electron chi connectivity index (χ4n) is 0.761. The first-order chi connectivity index (χ1) is 6.00. The van der Waals surface area contributed by atoms with Gasteiger partial charge in [0.2, 0.25) is 0 Å². The molecule has 0 amide bonds. The third-order valence-corrected chi connectivity index (χ3v) is 1.67. The van der Waals surface area contributed by atoms with E-state index < -0.39 is 0 Å². The fraction of sp³-hybridized carbons (Fsp3) is 0.750. The Morgan fingerprint density at radius 3 is 2.08 bits per heavy atom. The molecule has 70 valence electrons. The Morgan fingerprint density at radius 1 is 1.25 bits per heavy atom. The lowest BCUT2D eigenvalue weighted by atomic mass is 10.4. The van der Waals surface area contributed by atoms with Crippen LogP contribution in [0.15, 0.2) is 11.8 Å². The van der Waals surface area contributed by atoms with E-state index in [1.165, 1.54) is 43.8 Å². The summed E-state index contributed by atoms with van der Waals surface area (Å²) in [5, 5.41) is 3.22. The van der Waals surface area contributed by atoms with Crippen LogP contribution in [0.25, 0.3) is 0 Å². The molecule has 1 fully saturated rings. The molecule has 0 aromatic carbocycles. The van der Waals surface area contributed by atoms with Crippen LogP contribution in [0, 0.1) is 0 Å². The molecule has 0 saturated carbocycles. The van der Waals surface area contributed by atoms with Crippen molar-refractivity contribution < 1.29 is 0 Å². The predicted molar refractivity (Wildman–Crippen MR) is 53.4 cm³/mol. The summed E-state index contributed by atoms with van der Waals surface area (Å²) >= 11 is 1.35. The quantitative estimate of drug-likeness (QED) is 0.674. The molecule has 1 saturated heterocycles. The Hall–Kier alpha value is -0.480. The van der Waals surface area contributed by atoms with Gasteiger partial charge < -0.3 is 5.32 Å². The minimum atomic E-state index is 1.25. The first kappa shape index (κ1) is 11.5. The van der Waals surface area contributed by atoms with Crippen molar-refractivity contribution in [3.8, 4) is 0 Å². The molecule has 0 aliphatic carbocycles. The largest absolute Gasteiger partial charge is 0.317 e. The lowest BCUT2D eigenvalue weighted by Gasteiger charge is -1.76. The standard InChI is InChI=1S/C4H9N.C2H2N2S.C2H6/c1-2-4-5-3-1;1-3-2-5-4-1;1-2/h5H,1-4H2;1-2H;1-2H3. The van der Waals surface area contributed by atoms with Gasteiger partial charge in [-0.1, -0.05) is 13.8 Å². The Kier molecular flexibility index (Phi) is 10.1. The fourth-order valence-corrected chi connectivity index (χ4v) is 1.03. The molecule has 0 unspecified atom stereocenters. The van der Waals surface area contributed by atoms with Gasteiger partial charge in [0.25, 0.3) is 0 Å². The van der Waals surface area contributed by atoms with Crippen LogP contribution in [-0.4, -0.2) is 22.4 Å². The topological polar surface area (TPSA) is 37.8 Å². The van der Waals surface area contributed by atoms with Gasteiger partial charge in [-0.15, -0.1) is 0 Å². The Morgan fingerprint density at radius 2 is 1.92 bits per heavy atom. The van der Waals surface area contributed by atoms with Gasteiger partial charge in [-0.3, -0.25) is 0 Å². The molecule has 1 N–H and O–H groups in total. The SMILES string of the molecule is C1CCNC1.CC.c1ncsn1.